The van der Waals surface area contributed by atoms with Crippen molar-refractivity contribution >= 4 is 23.8 Å². The highest BCUT2D eigenvalue weighted by Gasteiger charge is 2.29. The first-order chi connectivity index (χ1) is 8.66. The number of carboxylic acids is 1. The van der Waals surface area contributed by atoms with Crippen molar-refractivity contribution in [2.75, 3.05) is 24.6 Å². The van der Waals surface area contributed by atoms with Crippen LogP contribution in [0.5, 0.6) is 0 Å². The maximum atomic E-state index is 12.0. The lowest BCUT2D eigenvalue weighted by atomic mass is 10.2. The van der Waals surface area contributed by atoms with E-state index in [9.17, 15) is 9.59 Å². The summed E-state index contributed by atoms with van der Waals surface area (Å²) in [5.74, 6) is 1.59. The third-order valence-corrected chi connectivity index (χ3v) is 4.52. The summed E-state index contributed by atoms with van der Waals surface area (Å²) in [6.07, 6.45) is 3.68. The number of carbonyl (C=O) groups excluding carboxylic acids is 1. The second kappa shape index (κ2) is 6.31. The van der Waals surface area contributed by atoms with Crippen molar-refractivity contribution in [3.8, 4) is 0 Å². The second-order valence-electron chi connectivity index (χ2n) is 4.98. The number of carbonyl (C=O) groups is 2. The molecular formula is C12H20N2O3S. The Bertz CT molecular complexity index is 320. The molecule has 1 saturated carbocycles. The predicted octanol–water partition coefficient (Wildman–Crippen LogP) is 1.39. The van der Waals surface area contributed by atoms with Gasteiger partial charge in [0.05, 0.1) is 12.5 Å². The SMILES string of the molecule is O=C(O)CC1CSCCN1C(=O)NCCC1CC1. The Kier molecular flexibility index (Phi) is 4.74. The Morgan fingerprint density at radius 1 is 1.39 bits per heavy atom. The minimum Gasteiger partial charge on any atom is -0.481 e. The molecule has 0 aromatic carbocycles. The van der Waals surface area contributed by atoms with E-state index in [4.69, 9.17) is 5.11 Å². The summed E-state index contributed by atoms with van der Waals surface area (Å²) in [5, 5.41) is 11.8. The van der Waals surface area contributed by atoms with E-state index in [2.05, 4.69) is 5.32 Å². The van der Waals surface area contributed by atoms with Crippen LogP contribution in [-0.2, 0) is 4.79 Å². The normalized spacial score (nSPS) is 23.8. The number of rotatable bonds is 5. The third kappa shape index (κ3) is 4.08. The zero-order valence-electron chi connectivity index (χ0n) is 10.4. The van der Waals surface area contributed by atoms with Crippen LogP contribution in [0.15, 0.2) is 0 Å². The molecule has 1 aliphatic carbocycles. The highest BCUT2D eigenvalue weighted by atomic mass is 32.2. The molecule has 0 aromatic heterocycles. The van der Waals surface area contributed by atoms with Gasteiger partial charge in [0.1, 0.15) is 0 Å². The Balaban J connectivity index is 1.78. The molecule has 0 bridgehead atoms. The van der Waals surface area contributed by atoms with E-state index in [0.29, 0.717) is 13.1 Å². The first-order valence-electron chi connectivity index (χ1n) is 6.51. The molecule has 102 valence electrons. The molecular weight excluding hydrogens is 252 g/mol. The van der Waals surface area contributed by atoms with E-state index in [1.54, 1.807) is 16.7 Å². The monoisotopic (exact) mass is 272 g/mol. The lowest BCUT2D eigenvalue weighted by Gasteiger charge is -2.34. The van der Waals surface area contributed by atoms with Crippen molar-refractivity contribution < 1.29 is 14.7 Å². The number of amides is 2. The molecule has 18 heavy (non-hydrogen) atoms. The summed E-state index contributed by atoms with van der Waals surface area (Å²) >= 11 is 1.72. The van der Waals surface area contributed by atoms with Gasteiger partial charge >= 0.3 is 12.0 Å². The fourth-order valence-electron chi connectivity index (χ4n) is 2.18. The van der Waals surface area contributed by atoms with Crippen LogP contribution < -0.4 is 5.32 Å². The molecule has 0 aromatic rings. The lowest BCUT2D eigenvalue weighted by Crippen LogP contribution is -2.51. The summed E-state index contributed by atoms with van der Waals surface area (Å²) in [5.41, 5.74) is 0. The zero-order chi connectivity index (χ0) is 13.0. The molecule has 1 atom stereocenters. The number of hydrogen-bond donors (Lipinski definition) is 2. The standard InChI is InChI=1S/C12H20N2O3S/c15-11(16)7-10-8-18-6-5-14(10)12(17)13-4-3-9-1-2-9/h9-10H,1-8H2,(H,13,17)(H,15,16). The van der Waals surface area contributed by atoms with Crippen LogP contribution in [0.4, 0.5) is 4.79 Å². The quantitative estimate of drug-likeness (QED) is 0.793. The van der Waals surface area contributed by atoms with Crippen LogP contribution in [0, 0.1) is 5.92 Å². The Labute approximate surface area is 111 Å². The van der Waals surface area contributed by atoms with Crippen molar-refractivity contribution in [1.29, 1.82) is 0 Å². The maximum Gasteiger partial charge on any atom is 0.317 e. The maximum absolute atomic E-state index is 12.0. The van der Waals surface area contributed by atoms with E-state index >= 15 is 0 Å². The summed E-state index contributed by atoms with van der Waals surface area (Å²) in [4.78, 5) is 24.5. The van der Waals surface area contributed by atoms with Gasteiger partial charge in [-0.2, -0.15) is 11.8 Å². The highest BCUT2D eigenvalue weighted by molar-refractivity contribution is 7.99. The number of nitrogens with zero attached hydrogens (tertiary/aromatic N) is 1. The van der Waals surface area contributed by atoms with Crippen LogP contribution in [0.25, 0.3) is 0 Å². The van der Waals surface area contributed by atoms with E-state index in [1.165, 1.54) is 12.8 Å². The van der Waals surface area contributed by atoms with Gasteiger partial charge in [0.2, 0.25) is 0 Å². The number of urea groups is 1. The van der Waals surface area contributed by atoms with Gasteiger partial charge in [0, 0.05) is 24.6 Å². The Morgan fingerprint density at radius 2 is 2.17 bits per heavy atom. The van der Waals surface area contributed by atoms with Gasteiger partial charge in [-0.15, -0.1) is 0 Å². The van der Waals surface area contributed by atoms with Gasteiger partial charge < -0.3 is 15.3 Å². The molecule has 2 amide bonds. The molecule has 2 fully saturated rings. The van der Waals surface area contributed by atoms with E-state index in [0.717, 1.165) is 23.8 Å². The van der Waals surface area contributed by atoms with Crippen LogP contribution in [-0.4, -0.2) is 52.6 Å². The summed E-state index contributed by atoms with van der Waals surface area (Å²) in [6, 6.07) is -0.260. The molecule has 1 unspecified atom stereocenters. The zero-order valence-corrected chi connectivity index (χ0v) is 11.2. The molecule has 0 spiro atoms. The number of aliphatic carboxylic acids is 1. The molecule has 1 aliphatic heterocycles. The molecule has 1 heterocycles. The fraction of sp³-hybridized carbons (Fsp3) is 0.833. The number of nitrogens with one attached hydrogen (secondary N) is 1. The lowest BCUT2D eigenvalue weighted by molar-refractivity contribution is -0.137. The summed E-state index contributed by atoms with van der Waals surface area (Å²) in [6.45, 7) is 1.37. The van der Waals surface area contributed by atoms with E-state index < -0.39 is 5.97 Å². The summed E-state index contributed by atoms with van der Waals surface area (Å²) in [7, 11) is 0. The third-order valence-electron chi connectivity index (χ3n) is 3.42. The first-order valence-corrected chi connectivity index (χ1v) is 7.66. The van der Waals surface area contributed by atoms with Crippen molar-refractivity contribution in [2.45, 2.75) is 31.7 Å². The smallest absolute Gasteiger partial charge is 0.317 e. The number of thioether (sulfide) groups is 1. The van der Waals surface area contributed by atoms with Crippen LogP contribution >= 0.6 is 11.8 Å². The molecule has 1 saturated heterocycles. The van der Waals surface area contributed by atoms with Gasteiger partial charge in [-0.05, 0) is 12.3 Å². The fourth-order valence-corrected chi connectivity index (χ4v) is 3.25. The minimum absolute atomic E-state index is 0.0447. The van der Waals surface area contributed by atoms with E-state index in [1.807, 2.05) is 0 Å². The molecule has 2 rings (SSSR count). The average Bonchev–Trinajstić information content (AvgIpc) is 3.13. The van der Waals surface area contributed by atoms with Crippen LogP contribution in [0.2, 0.25) is 0 Å². The van der Waals surface area contributed by atoms with Crippen LogP contribution in [0.3, 0.4) is 0 Å². The summed E-state index contributed by atoms with van der Waals surface area (Å²) < 4.78 is 0. The van der Waals surface area contributed by atoms with Crippen molar-refractivity contribution in [2.24, 2.45) is 5.92 Å². The van der Waals surface area contributed by atoms with Gasteiger partial charge in [0.25, 0.3) is 0 Å². The molecule has 0 radical (unpaired) electrons. The Morgan fingerprint density at radius 3 is 2.83 bits per heavy atom. The topological polar surface area (TPSA) is 69.6 Å². The van der Waals surface area contributed by atoms with Gasteiger partial charge in [-0.3, -0.25) is 4.79 Å². The minimum atomic E-state index is -0.835. The average molecular weight is 272 g/mol. The van der Waals surface area contributed by atoms with Gasteiger partial charge in [-0.1, -0.05) is 12.8 Å². The molecule has 2 N–H and O–H groups in total. The van der Waals surface area contributed by atoms with E-state index in [-0.39, 0.29) is 18.5 Å². The largest absolute Gasteiger partial charge is 0.481 e. The van der Waals surface area contributed by atoms with Crippen molar-refractivity contribution in [1.82, 2.24) is 10.2 Å². The molecule has 6 heteroatoms. The molecule has 5 nitrogen and oxygen atoms in total. The van der Waals surface area contributed by atoms with Gasteiger partial charge in [-0.25, -0.2) is 4.79 Å². The number of carboxylic acid groups (broad SMARTS) is 1. The van der Waals surface area contributed by atoms with Gasteiger partial charge in [0.15, 0.2) is 0 Å². The number of hydrogen-bond acceptors (Lipinski definition) is 3. The molecule has 2 aliphatic rings. The predicted molar refractivity (Wildman–Crippen MR) is 70.8 cm³/mol. The second-order valence-corrected chi connectivity index (χ2v) is 6.13. The van der Waals surface area contributed by atoms with Crippen molar-refractivity contribution in [3.05, 3.63) is 0 Å². The van der Waals surface area contributed by atoms with Crippen LogP contribution in [0.1, 0.15) is 25.7 Å². The van der Waals surface area contributed by atoms with Crippen molar-refractivity contribution in [3.63, 3.8) is 0 Å². The highest BCUT2D eigenvalue weighted by Crippen LogP contribution is 2.31. The first kappa shape index (κ1) is 13.5. The Hall–Kier alpha value is -0.910.